The van der Waals surface area contributed by atoms with Crippen LogP contribution in [0.5, 0.6) is 0 Å². The van der Waals surface area contributed by atoms with Crippen LogP contribution in [-0.4, -0.2) is 24.5 Å². The highest BCUT2D eigenvalue weighted by Gasteiger charge is 2.11. The lowest BCUT2D eigenvalue weighted by atomic mass is 10.2. The predicted molar refractivity (Wildman–Crippen MR) is 78.5 cm³/mol. The molecule has 0 saturated heterocycles. The highest BCUT2D eigenvalue weighted by molar-refractivity contribution is 5.95. The van der Waals surface area contributed by atoms with E-state index in [1.54, 1.807) is 24.3 Å². The molecule has 0 fully saturated rings. The molecular formula is C15H22N2O3. The van der Waals surface area contributed by atoms with Crippen LogP contribution in [-0.2, 0) is 9.53 Å². The van der Waals surface area contributed by atoms with E-state index in [-0.39, 0.29) is 11.9 Å². The summed E-state index contributed by atoms with van der Waals surface area (Å²) in [6.45, 7) is 4.31. The Bertz CT molecular complexity index is 443. The maximum atomic E-state index is 11.7. The van der Waals surface area contributed by atoms with Crippen LogP contribution >= 0.6 is 0 Å². The molecule has 1 aromatic rings. The van der Waals surface area contributed by atoms with Gasteiger partial charge in [0, 0.05) is 5.69 Å². The monoisotopic (exact) mass is 278 g/mol. The molecule has 110 valence electrons. The summed E-state index contributed by atoms with van der Waals surface area (Å²) in [5.74, 6) is -0.577. The van der Waals surface area contributed by atoms with Crippen LogP contribution < -0.4 is 11.1 Å². The largest absolute Gasteiger partial charge is 0.462 e. The molecule has 1 aromatic carbocycles. The van der Waals surface area contributed by atoms with Crippen molar-refractivity contribution >= 4 is 17.6 Å². The van der Waals surface area contributed by atoms with E-state index in [0.29, 0.717) is 24.3 Å². The van der Waals surface area contributed by atoms with Crippen LogP contribution in [0, 0.1) is 0 Å². The Morgan fingerprint density at radius 3 is 2.45 bits per heavy atom. The molecule has 5 heteroatoms. The molecule has 0 aliphatic heterocycles. The van der Waals surface area contributed by atoms with E-state index in [1.165, 1.54) is 0 Å². The average Bonchev–Trinajstić information content (AvgIpc) is 2.47. The van der Waals surface area contributed by atoms with Crippen LogP contribution in [0.3, 0.4) is 0 Å². The minimum atomic E-state index is -0.520. The van der Waals surface area contributed by atoms with Crippen LogP contribution in [0.4, 0.5) is 5.69 Å². The van der Waals surface area contributed by atoms with Gasteiger partial charge >= 0.3 is 5.97 Å². The number of ether oxygens (including phenoxy) is 1. The summed E-state index contributed by atoms with van der Waals surface area (Å²) < 4.78 is 5.10. The number of nitrogens with two attached hydrogens (primary N) is 1. The Labute approximate surface area is 119 Å². The van der Waals surface area contributed by atoms with Gasteiger partial charge in [0.2, 0.25) is 5.91 Å². The van der Waals surface area contributed by atoms with Crippen LogP contribution in [0.15, 0.2) is 24.3 Å². The van der Waals surface area contributed by atoms with Crippen LogP contribution in [0.2, 0.25) is 0 Å². The smallest absolute Gasteiger partial charge is 0.338 e. The van der Waals surface area contributed by atoms with Gasteiger partial charge in [-0.2, -0.15) is 0 Å². The number of esters is 1. The van der Waals surface area contributed by atoms with Gasteiger partial charge in [-0.25, -0.2) is 4.79 Å². The molecule has 1 rings (SSSR count). The predicted octanol–water partition coefficient (Wildman–Crippen LogP) is 2.32. The molecular weight excluding hydrogens is 256 g/mol. The summed E-state index contributed by atoms with van der Waals surface area (Å²) in [6, 6.07) is 6.06. The van der Waals surface area contributed by atoms with Crippen molar-refractivity contribution in [2.45, 2.75) is 39.2 Å². The van der Waals surface area contributed by atoms with Crippen LogP contribution in [0.25, 0.3) is 0 Å². The van der Waals surface area contributed by atoms with Crippen molar-refractivity contribution in [3.63, 3.8) is 0 Å². The minimum Gasteiger partial charge on any atom is -0.462 e. The number of benzene rings is 1. The number of amides is 1. The summed E-state index contributed by atoms with van der Waals surface area (Å²) in [6.07, 6.45) is 2.42. The molecule has 0 aromatic heterocycles. The molecule has 1 atom stereocenters. The van der Waals surface area contributed by atoms with E-state index < -0.39 is 6.04 Å². The zero-order valence-electron chi connectivity index (χ0n) is 12.0. The fourth-order valence-electron chi connectivity index (χ4n) is 1.50. The lowest BCUT2D eigenvalue weighted by Gasteiger charge is -2.10. The maximum absolute atomic E-state index is 11.7. The third-order valence-electron chi connectivity index (χ3n) is 2.90. The van der Waals surface area contributed by atoms with E-state index in [0.717, 1.165) is 12.8 Å². The van der Waals surface area contributed by atoms with E-state index in [4.69, 9.17) is 10.5 Å². The first-order valence-corrected chi connectivity index (χ1v) is 6.92. The highest BCUT2D eigenvalue weighted by atomic mass is 16.5. The Morgan fingerprint density at radius 2 is 1.90 bits per heavy atom. The topological polar surface area (TPSA) is 81.4 Å². The number of carbonyl (C=O) groups is 2. The van der Waals surface area contributed by atoms with Crippen molar-refractivity contribution in [2.75, 3.05) is 11.9 Å². The highest BCUT2D eigenvalue weighted by Crippen LogP contribution is 2.11. The third-order valence-corrected chi connectivity index (χ3v) is 2.90. The van der Waals surface area contributed by atoms with Crippen LogP contribution in [0.1, 0.15) is 43.5 Å². The minimum absolute atomic E-state index is 0.231. The Balaban J connectivity index is 2.55. The first kappa shape index (κ1) is 16.2. The second-order valence-electron chi connectivity index (χ2n) is 4.57. The normalized spacial score (nSPS) is 11.8. The van der Waals surface area contributed by atoms with E-state index in [2.05, 4.69) is 5.32 Å². The lowest BCUT2D eigenvalue weighted by molar-refractivity contribution is -0.117. The van der Waals surface area contributed by atoms with Crippen molar-refractivity contribution in [3.8, 4) is 0 Å². The number of hydrogen-bond donors (Lipinski definition) is 2. The summed E-state index contributed by atoms with van der Waals surface area (Å²) in [7, 11) is 0. The molecule has 0 heterocycles. The SMILES string of the molecule is CCCCOC(=O)c1ccc(NC(=O)[C@@H](N)CC)cc1. The molecule has 0 aliphatic rings. The summed E-state index contributed by atoms with van der Waals surface area (Å²) >= 11 is 0. The molecule has 0 saturated carbocycles. The first-order chi connectivity index (χ1) is 9.58. The number of hydrogen-bond acceptors (Lipinski definition) is 4. The molecule has 0 spiro atoms. The fraction of sp³-hybridized carbons (Fsp3) is 0.467. The van der Waals surface area contributed by atoms with Gasteiger partial charge in [-0.1, -0.05) is 20.3 Å². The quantitative estimate of drug-likeness (QED) is 0.592. The van der Waals surface area contributed by atoms with Crippen molar-refractivity contribution in [3.05, 3.63) is 29.8 Å². The number of carbonyl (C=O) groups excluding carboxylic acids is 2. The van der Waals surface area contributed by atoms with Gasteiger partial charge < -0.3 is 15.8 Å². The van der Waals surface area contributed by atoms with E-state index in [1.807, 2.05) is 13.8 Å². The van der Waals surface area contributed by atoms with Gasteiger partial charge in [0.25, 0.3) is 0 Å². The molecule has 5 nitrogen and oxygen atoms in total. The van der Waals surface area contributed by atoms with Gasteiger partial charge in [-0.3, -0.25) is 4.79 Å². The zero-order valence-corrected chi connectivity index (χ0v) is 12.0. The third kappa shape index (κ3) is 5.01. The molecule has 20 heavy (non-hydrogen) atoms. The summed E-state index contributed by atoms with van der Waals surface area (Å²) in [5.41, 5.74) is 6.71. The van der Waals surface area contributed by atoms with E-state index >= 15 is 0 Å². The molecule has 0 radical (unpaired) electrons. The second kappa shape index (κ2) is 8.32. The molecule has 0 bridgehead atoms. The van der Waals surface area contributed by atoms with E-state index in [9.17, 15) is 9.59 Å². The zero-order chi connectivity index (χ0) is 15.0. The van der Waals surface area contributed by atoms with Gasteiger partial charge in [-0.15, -0.1) is 0 Å². The molecule has 3 N–H and O–H groups in total. The standard InChI is InChI=1S/C15H22N2O3/c1-3-5-10-20-15(19)11-6-8-12(9-7-11)17-14(18)13(16)4-2/h6-9,13H,3-5,10,16H2,1-2H3,(H,17,18)/t13-/m0/s1. The first-order valence-electron chi connectivity index (χ1n) is 6.92. The van der Waals surface area contributed by atoms with Crippen molar-refractivity contribution in [2.24, 2.45) is 5.73 Å². The van der Waals surface area contributed by atoms with Crippen molar-refractivity contribution in [1.29, 1.82) is 0 Å². The van der Waals surface area contributed by atoms with Gasteiger partial charge in [0.1, 0.15) is 0 Å². The molecule has 0 aliphatic carbocycles. The fourth-order valence-corrected chi connectivity index (χ4v) is 1.50. The Morgan fingerprint density at radius 1 is 1.25 bits per heavy atom. The lowest BCUT2D eigenvalue weighted by Crippen LogP contribution is -2.34. The average molecular weight is 278 g/mol. The number of rotatable bonds is 7. The Hall–Kier alpha value is -1.88. The summed E-state index contributed by atoms with van der Waals surface area (Å²) in [5, 5.41) is 2.69. The Kier molecular flexibility index (Phi) is 6.73. The molecule has 0 unspecified atom stereocenters. The number of unbranched alkanes of at least 4 members (excludes halogenated alkanes) is 1. The van der Waals surface area contributed by atoms with Gasteiger partial charge in [0.05, 0.1) is 18.2 Å². The molecule has 1 amide bonds. The van der Waals surface area contributed by atoms with Gasteiger partial charge in [-0.05, 0) is 37.1 Å². The number of nitrogens with one attached hydrogen (secondary N) is 1. The van der Waals surface area contributed by atoms with Crippen molar-refractivity contribution < 1.29 is 14.3 Å². The summed E-state index contributed by atoms with van der Waals surface area (Å²) in [4.78, 5) is 23.3. The maximum Gasteiger partial charge on any atom is 0.338 e. The second-order valence-corrected chi connectivity index (χ2v) is 4.57. The van der Waals surface area contributed by atoms with Crippen molar-refractivity contribution in [1.82, 2.24) is 0 Å². The number of anilines is 1. The van der Waals surface area contributed by atoms with Gasteiger partial charge in [0.15, 0.2) is 0 Å².